The van der Waals surface area contributed by atoms with Gasteiger partial charge in [0.15, 0.2) is 0 Å². The van der Waals surface area contributed by atoms with E-state index in [4.69, 9.17) is 0 Å². The van der Waals surface area contributed by atoms with Crippen molar-refractivity contribution < 1.29 is 0 Å². The number of nitrogens with one attached hydrogen (secondary N) is 1. The number of rotatable bonds is 0. The second-order valence-electron chi connectivity index (χ2n) is 2.63. The monoisotopic (exact) mass is 147 g/mol. The Hall–Kier alpha value is -1.24. The van der Waals surface area contributed by atoms with Gasteiger partial charge in [-0.2, -0.15) is 0 Å². The molecule has 1 nitrogen and oxygen atoms in total. The van der Waals surface area contributed by atoms with Crippen LogP contribution in [0.25, 0.3) is 0 Å². The van der Waals surface area contributed by atoms with E-state index < -0.39 is 0 Å². The highest BCUT2D eigenvalue weighted by atomic mass is 14.8. The first-order valence-corrected chi connectivity index (χ1v) is 3.76. The predicted octanol–water partition coefficient (Wildman–Crippen LogP) is 2.37. The molecule has 11 heavy (non-hydrogen) atoms. The summed E-state index contributed by atoms with van der Waals surface area (Å²) < 4.78 is 0. The van der Waals surface area contributed by atoms with Gasteiger partial charge in [0.05, 0.1) is 0 Å². The fraction of sp³-hybridized carbons (Fsp3) is 0.200. The molecule has 0 aromatic rings. The highest BCUT2D eigenvalue weighted by Gasteiger charge is 1.89. The third-order valence-corrected chi connectivity index (χ3v) is 1.49. The Morgan fingerprint density at radius 3 is 3.00 bits per heavy atom. The zero-order valence-electron chi connectivity index (χ0n) is 6.75. The van der Waals surface area contributed by atoms with Gasteiger partial charge in [-0.1, -0.05) is 37.8 Å². The third-order valence-electron chi connectivity index (χ3n) is 1.49. The summed E-state index contributed by atoms with van der Waals surface area (Å²) in [5.74, 6) is 0.484. The molecule has 0 saturated carbocycles. The second kappa shape index (κ2) is 3.81. The average molecular weight is 147 g/mol. The molecule has 1 atom stereocenters. The van der Waals surface area contributed by atoms with Gasteiger partial charge in [0.25, 0.3) is 0 Å². The molecular formula is C10H13N. The molecule has 1 rings (SSSR count). The predicted molar refractivity (Wildman–Crippen MR) is 48.9 cm³/mol. The molecule has 0 aromatic heterocycles. The van der Waals surface area contributed by atoms with Crippen LogP contribution in [0.15, 0.2) is 48.9 Å². The Kier molecular flexibility index (Phi) is 2.73. The van der Waals surface area contributed by atoms with Gasteiger partial charge in [0.2, 0.25) is 0 Å². The maximum Gasteiger partial charge on any atom is 0.0306 e. The first-order chi connectivity index (χ1) is 5.29. The molecule has 0 fully saturated rings. The minimum Gasteiger partial charge on any atom is -0.362 e. The molecule has 0 aromatic carbocycles. The van der Waals surface area contributed by atoms with Crippen LogP contribution in [0, 0.1) is 5.92 Å². The van der Waals surface area contributed by atoms with E-state index in [-0.39, 0.29) is 0 Å². The molecule has 1 N–H and O–H groups in total. The maximum atomic E-state index is 3.80. The molecule has 1 aliphatic rings. The maximum absolute atomic E-state index is 3.80. The molecule has 58 valence electrons. The van der Waals surface area contributed by atoms with Crippen molar-refractivity contribution >= 4 is 0 Å². The first kappa shape index (κ1) is 7.86. The van der Waals surface area contributed by atoms with E-state index in [1.807, 2.05) is 24.4 Å². The van der Waals surface area contributed by atoms with E-state index in [9.17, 15) is 0 Å². The van der Waals surface area contributed by atoms with Crippen molar-refractivity contribution in [3.63, 3.8) is 0 Å². The summed E-state index contributed by atoms with van der Waals surface area (Å²) in [5.41, 5.74) is 0.917. The molecule has 1 heterocycles. The van der Waals surface area contributed by atoms with Crippen molar-refractivity contribution in [3.8, 4) is 0 Å². The summed E-state index contributed by atoms with van der Waals surface area (Å²) in [4.78, 5) is 0. The molecule has 0 saturated heterocycles. The van der Waals surface area contributed by atoms with Crippen molar-refractivity contribution in [3.05, 3.63) is 48.9 Å². The van der Waals surface area contributed by atoms with Gasteiger partial charge in [-0.25, -0.2) is 0 Å². The van der Waals surface area contributed by atoms with Gasteiger partial charge in [-0.05, 0) is 18.2 Å². The minimum atomic E-state index is 0.484. The molecule has 0 amide bonds. The number of hydrogen-bond donors (Lipinski definition) is 1. The summed E-state index contributed by atoms with van der Waals surface area (Å²) in [7, 11) is 0. The Morgan fingerprint density at radius 1 is 1.36 bits per heavy atom. The van der Waals surface area contributed by atoms with E-state index in [2.05, 4.69) is 31.0 Å². The smallest absolute Gasteiger partial charge is 0.0306 e. The fourth-order valence-electron chi connectivity index (χ4n) is 0.830. The Balaban J connectivity index is 2.70. The lowest BCUT2D eigenvalue weighted by Gasteiger charge is -1.97. The molecule has 0 aliphatic carbocycles. The molecule has 0 bridgehead atoms. The van der Waals surface area contributed by atoms with Crippen LogP contribution in [-0.2, 0) is 0 Å². The quantitative estimate of drug-likeness (QED) is 0.554. The van der Waals surface area contributed by atoms with Crippen molar-refractivity contribution in [2.75, 3.05) is 0 Å². The standard InChI is InChI=1S/C10H13N/c1-9-5-3-4-6-10(2)11-8-7-9/h3-9,11H,2H2,1H3/b5-3-,6-4-,8-7-. The molecule has 1 heteroatoms. The second-order valence-corrected chi connectivity index (χ2v) is 2.63. The van der Waals surface area contributed by atoms with E-state index in [0.717, 1.165) is 5.70 Å². The van der Waals surface area contributed by atoms with E-state index >= 15 is 0 Å². The summed E-state index contributed by atoms with van der Waals surface area (Å²) >= 11 is 0. The van der Waals surface area contributed by atoms with Crippen LogP contribution in [-0.4, -0.2) is 0 Å². The summed E-state index contributed by atoms with van der Waals surface area (Å²) in [6.07, 6.45) is 12.1. The van der Waals surface area contributed by atoms with Gasteiger partial charge in [0, 0.05) is 5.70 Å². The molecular weight excluding hydrogens is 134 g/mol. The Morgan fingerprint density at radius 2 is 2.18 bits per heavy atom. The fourth-order valence-corrected chi connectivity index (χ4v) is 0.830. The van der Waals surface area contributed by atoms with E-state index in [1.165, 1.54) is 0 Å². The van der Waals surface area contributed by atoms with E-state index in [1.54, 1.807) is 0 Å². The molecule has 1 aliphatic heterocycles. The third kappa shape index (κ3) is 2.89. The van der Waals surface area contributed by atoms with Crippen LogP contribution in [0.3, 0.4) is 0 Å². The van der Waals surface area contributed by atoms with Gasteiger partial charge in [-0.3, -0.25) is 0 Å². The van der Waals surface area contributed by atoms with Crippen LogP contribution in [0.5, 0.6) is 0 Å². The van der Waals surface area contributed by atoms with Crippen molar-refractivity contribution in [2.45, 2.75) is 6.92 Å². The molecule has 0 radical (unpaired) electrons. The normalized spacial score (nSPS) is 32.5. The Bertz CT molecular complexity index is 221. The number of hydrogen-bond acceptors (Lipinski definition) is 1. The van der Waals surface area contributed by atoms with Crippen LogP contribution >= 0.6 is 0 Å². The Labute approximate surface area is 67.8 Å². The van der Waals surface area contributed by atoms with Crippen molar-refractivity contribution in [1.29, 1.82) is 0 Å². The minimum absolute atomic E-state index is 0.484. The molecule has 1 unspecified atom stereocenters. The van der Waals surface area contributed by atoms with Gasteiger partial charge < -0.3 is 5.32 Å². The van der Waals surface area contributed by atoms with Crippen molar-refractivity contribution in [2.24, 2.45) is 5.92 Å². The summed E-state index contributed by atoms with van der Waals surface area (Å²) in [6.45, 7) is 5.94. The lowest BCUT2D eigenvalue weighted by Crippen LogP contribution is -2.00. The zero-order chi connectivity index (χ0) is 8.10. The highest BCUT2D eigenvalue weighted by Crippen LogP contribution is 2.01. The van der Waals surface area contributed by atoms with E-state index in [0.29, 0.717) is 5.92 Å². The van der Waals surface area contributed by atoms with Crippen LogP contribution in [0.4, 0.5) is 0 Å². The van der Waals surface area contributed by atoms with Gasteiger partial charge in [0.1, 0.15) is 0 Å². The summed E-state index contributed by atoms with van der Waals surface area (Å²) in [6, 6.07) is 0. The lowest BCUT2D eigenvalue weighted by atomic mass is 10.1. The molecule has 0 spiro atoms. The number of allylic oxidation sites excluding steroid dienone is 5. The SMILES string of the molecule is C=C1/C=C\C=C/C(C)/C=C\N1. The first-order valence-electron chi connectivity index (χ1n) is 3.76. The topological polar surface area (TPSA) is 12.0 Å². The summed E-state index contributed by atoms with van der Waals surface area (Å²) in [5, 5.41) is 3.05. The van der Waals surface area contributed by atoms with Crippen molar-refractivity contribution in [1.82, 2.24) is 5.32 Å². The van der Waals surface area contributed by atoms with Crippen LogP contribution in [0.1, 0.15) is 6.92 Å². The van der Waals surface area contributed by atoms with Gasteiger partial charge >= 0.3 is 0 Å². The lowest BCUT2D eigenvalue weighted by molar-refractivity contribution is 0.925. The van der Waals surface area contributed by atoms with Crippen LogP contribution < -0.4 is 5.32 Å². The average Bonchev–Trinajstić information content (AvgIpc) is 2.04. The largest absolute Gasteiger partial charge is 0.362 e. The zero-order valence-corrected chi connectivity index (χ0v) is 6.75. The van der Waals surface area contributed by atoms with Crippen LogP contribution in [0.2, 0.25) is 0 Å². The van der Waals surface area contributed by atoms with Gasteiger partial charge in [-0.15, -0.1) is 0 Å². The highest BCUT2D eigenvalue weighted by molar-refractivity contribution is 5.21.